The predicted octanol–water partition coefficient (Wildman–Crippen LogP) is 1.23. The number of carbonyl (C=O) groups excluding carboxylic acids is 1. The van der Waals surface area contributed by atoms with Gasteiger partial charge in [-0.15, -0.1) is 0 Å². The summed E-state index contributed by atoms with van der Waals surface area (Å²) in [7, 11) is 0. The molecule has 1 saturated carbocycles. The maximum atomic E-state index is 12.1. The summed E-state index contributed by atoms with van der Waals surface area (Å²) in [5, 5.41) is 2.91. The summed E-state index contributed by atoms with van der Waals surface area (Å²) in [6, 6.07) is 7.31. The number of nitrogens with one attached hydrogen (secondary N) is 1. The van der Waals surface area contributed by atoms with Crippen molar-refractivity contribution in [2.45, 2.75) is 12.8 Å². The Morgan fingerprint density at radius 1 is 1.19 bits per heavy atom. The Kier molecular flexibility index (Phi) is 4.41. The van der Waals surface area contributed by atoms with Crippen LogP contribution in [0.25, 0.3) is 0 Å². The molecule has 0 aromatic heterocycles. The highest BCUT2D eigenvalue weighted by atomic mass is 16.2. The average Bonchev–Trinajstić information content (AvgIpc) is 3.25. The van der Waals surface area contributed by atoms with E-state index in [1.54, 1.807) is 6.07 Å². The van der Waals surface area contributed by atoms with Crippen LogP contribution in [0.2, 0.25) is 0 Å². The SMILES string of the molecule is Nc1cccc(NC(=O)CN2CCN(CC3CC3)CC2)c1. The molecule has 0 radical (unpaired) electrons. The zero-order chi connectivity index (χ0) is 14.7. The molecule has 1 saturated heterocycles. The van der Waals surface area contributed by atoms with Crippen molar-refractivity contribution in [3.05, 3.63) is 24.3 Å². The second-order valence-electron chi connectivity index (χ2n) is 6.19. The van der Waals surface area contributed by atoms with Crippen LogP contribution in [0.1, 0.15) is 12.8 Å². The topological polar surface area (TPSA) is 61.6 Å². The zero-order valence-corrected chi connectivity index (χ0v) is 12.4. The van der Waals surface area contributed by atoms with Crippen LogP contribution in [0.3, 0.4) is 0 Å². The second-order valence-corrected chi connectivity index (χ2v) is 6.19. The van der Waals surface area contributed by atoms with Crippen LogP contribution in [0.5, 0.6) is 0 Å². The van der Waals surface area contributed by atoms with Crippen molar-refractivity contribution in [3.8, 4) is 0 Å². The molecule has 3 rings (SSSR count). The van der Waals surface area contributed by atoms with Gasteiger partial charge < -0.3 is 16.0 Å². The standard InChI is InChI=1S/C16H24N4O/c17-14-2-1-3-15(10-14)18-16(21)12-20-8-6-19(7-9-20)11-13-4-5-13/h1-3,10,13H,4-9,11-12,17H2,(H,18,21). The van der Waals surface area contributed by atoms with Crippen molar-refractivity contribution in [1.29, 1.82) is 0 Å². The molecule has 3 N–H and O–H groups in total. The zero-order valence-electron chi connectivity index (χ0n) is 12.4. The van der Waals surface area contributed by atoms with Crippen molar-refractivity contribution in [2.24, 2.45) is 5.92 Å². The van der Waals surface area contributed by atoms with E-state index < -0.39 is 0 Å². The fourth-order valence-electron chi connectivity index (χ4n) is 2.82. The number of anilines is 2. The Hall–Kier alpha value is -1.59. The van der Waals surface area contributed by atoms with Gasteiger partial charge in [0.2, 0.25) is 5.91 Å². The van der Waals surface area contributed by atoms with Crippen LogP contribution < -0.4 is 11.1 Å². The molecule has 2 aliphatic rings. The molecule has 1 aliphatic carbocycles. The number of amides is 1. The molecule has 2 fully saturated rings. The Balaban J connectivity index is 1.41. The summed E-state index contributed by atoms with van der Waals surface area (Å²) in [6.45, 7) is 5.85. The van der Waals surface area contributed by atoms with Gasteiger partial charge in [0.25, 0.3) is 0 Å². The minimum absolute atomic E-state index is 0.0382. The first-order valence-electron chi connectivity index (χ1n) is 7.79. The van der Waals surface area contributed by atoms with Crippen LogP contribution in [0.15, 0.2) is 24.3 Å². The molecular formula is C16H24N4O. The molecule has 5 heteroatoms. The quantitative estimate of drug-likeness (QED) is 0.800. The van der Waals surface area contributed by atoms with Gasteiger partial charge in [-0.3, -0.25) is 9.69 Å². The monoisotopic (exact) mass is 288 g/mol. The number of rotatable bonds is 5. The lowest BCUT2D eigenvalue weighted by molar-refractivity contribution is -0.117. The van der Waals surface area contributed by atoms with E-state index in [0.29, 0.717) is 12.2 Å². The van der Waals surface area contributed by atoms with Gasteiger partial charge in [-0.2, -0.15) is 0 Å². The van der Waals surface area contributed by atoms with E-state index in [9.17, 15) is 4.79 Å². The van der Waals surface area contributed by atoms with Gasteiger partial charge in [0, 0.05) is 44.1 Å². The lowest BCUT2D eigenvalue weighted by atomic mass is 10.2. The Morgan fingerprint density at radius 3 is 2.57 bits per heavy atom. The number of nitrogens with two attached hydrogens (primary N) is 1. The third-order valence-corrected chi connectivity index (χ3v) is 4.22. The first-order chi connectivity index (χ1) is 10.2. The van der Waals surface area contributed by atoms with E-state index in [2.05, 4.69) is 15.1 Å². The van der Waals surface area contributed by atoms with Gasteiger partial charge in [0.15, 0.2) is 0 Å². The molecule has 21 heavy (non-hydrogen) atoms. The maximum Gasteiger partial charge on any atom is 0.238 e. The number of piperazine rings is 1. The van der Waals surface area contributed by atoms with Crippen LogP contribution in [-0.4, -0.2) is 55.0 Å². The van der Waals surface area contributed by atoms with Crippen LogP contribution >= 0.6 is 0 Å². The largest absolute Gasteiger partial charge is 0.399 e. The smallest absolute Gasteiger partial charge is 0.238 e. The average molecular weight is 288 g/mol. The fraction of sp³-hybridized carbons (Fsp3) is 0.562. The fourth-order valence-corrected chi connectivity index (χ4v) is 2.82. The molecule has 1 aromatic rings. The van der Waals surface area contributed by atoms with Gasteiger partial charge in [-0.05, 0) is 37.0 Å². The van der Waals surface area contributed by atoms with E-state index in [1.807, 2.05) is 18.2 Å². The van der Waals surface area contributed by atoms with Gasteiger partial charge in [-0.25, -0.2) is 0 Å². The first kappa shape index (κ1) is 14.4. The van der Waals surface area contributed by atoms with Gasteiger partial charge in [-0.1, -0.05) is 6.07 Å². The van der Waals surface area contributed by atoms with E-state index in [0.717, 1.165) is 37.8 Å². The number of hydrogen-bond acceptors (Lipinski definition) is 4. The van der Waals surface area contributed by atoms with Gasteiger partial charge in [0.1, 0.15) is 0 Å². The van der Waals surface area contributed by atoms with Crippen molar-refractivity contribution in [2.75, 3.05) is 50.3 Å². The highest BCUT2D eigenvalue weighted by Crippen LogP contribution is 2.29. The van der Waals surface area contributed by atoms with Crippen molar-refractivity contribution < 1.29 is 4.79 Å². The molecule has 0 atom stereocenters. The third kappa shape index (κ3) is 4.44. The molecule has 0 spiro atoms. The van der Waals surface area contributed by atoms with E-state index in [-0.39, 0.29) is 5.91 Å². The molecular weight excluding hydrogens is 264 g/mol. The first-order valence-corrected chi connectivity index (χ1v) is 7.79. The van der Waals surface area contributed by atoms with Crippen molar-refractivity contribution >= 4 is 17.3 Å². The summed E-state index contributed by atoms with van der Waals surface area (Å²) in [5.41, 5.74) is 7.15. The lowest BCUT2D eigenvalue weighted by Crippen LogP contribution is -2.49. The van der Waals surface area contributed by atoms with E-state index >= 15 is 0 Å². The molecule has 1 aliphatic heterocycles. The second kappa shape index (κ2) is 6.45. The molecule has 0 unspecified atom stereocenters. The van der Waals surface area contributed by atoms with Crippen LogP contribution in [-0.2, 0) is 4.79 Å². The maximum absolute atomic E-state index is 12.1. The minimum atomic E-state index is 0.0382. The highest BCUT2D eigenvalue weighted by Gasteiger charge is 2.26. The number of hydrogen-bond donors (Lipinski definition) is 2. The van der Waals surface area contributed by atoms with Crippen LogP contribution in [0, 0.1) is 5.92 Å². The van der Waals surface area contributed by atoms with Gasteiger partial charge in [0.05, 0.1) is 6.54 Å². The van der Waals surface area contributed by atoms with Crippen LogP contribution in [0.4, 0.5) is 11.4 Å². The number of benzene rings is 1. The molecule has 0 bridgehead atoms. The molecule has 1 amide bonds. The summed E-state index contributed by atoms with van der Waals surface area (Å²) in [6.07, 6.45) is 2.81. The van der Waals surface area contributed by atoms with Gasteiger partial charge >= 0.3 is 0 Å². The molecule has 5 nitrogen and oxygen atoms in total. The minimum Gasteiger partial charge on any atom is -0.399 e. The summed E-state index contributed by atoms with van der Waals surface area (Å²) in [5.74, 6) is 0.986. The normalized spacial score (nSPS) is 20.4. The molecule has 1 aromatic carbocycles. The van der Waals surface area contributed by atoms with Crippen molar-refractivity contribution in [3.63, 3.8) is 0 Å². The third-order valence-electron chi connectivity index (χ3n) is 4.22. The number of nitrogen functional groups attached to an aromatic ring is 1. The Bertz CT molecular complexity index is 493. The molecule has 1 heterocycles. The Morgan fingerprint density at radius 2 is 1.90 bits per heavy atom. The summed E-state index contributed by atoms with van der Waals surface area (Å²) >= 11 is 0. The predicted molar refractivity (Wildman–Crippen MR) is 85.1 cm³/mol. The van der Waals surface area contributed by atoms with Crippen molar-refractivity contribution in [1.82, 2.24) is 9.80 Å². The Labute approximate surface area is 126 Å². The summed E-state index contributed by atoms with van der Waals surface area (Å²) < 4.78 is 0. The summed E-state index contributed by atoms with van der Waals surface area (Å²) in [4.78, 5) is 16.8. The highest BCUT2D eigenvalue weighted by molar-refractivity contribution is 5.92. The number of carbonyl (C=O) groups is 1. The molecule has 114 valence electrons. The lowest BCUT2D eigenvalue weighted by Gasteiger charge is -2.34. The van der Waals surface area contributed by atoms with E-state index in [1.165, 1.54) is 19.4 Å². The van der Waals surface area contributed by atoms with E-state index in [4.69, 9.17) is 5.73 Å². The number of nitrogens with zero attached hydrogens (tertiary/aromatic N) is 2.